The van der Waals surface area contributed by atoms with Crippen molar-refractivity contribution in [1.29, 1.82) is 0 Å². The summed E-state index contributed by atoms with van der Waals surface area (Å²) in [4.78, 5) is 10.7. The molecule has 17 heavy (non-hydrogen) atoms. The minimum absolute atomic E-state index is 0.117. The molecular formula is C12H22N4O. The maximum Gasteiger partial charge on any atom is 0.144 e. The standard InChI is InChI=1S/C12H22N4O/c1-5-13-11-7-14-10(6-15-11)8-16(4)12(2,3)9-17/h6-7,17H,5,8-9H2,1-4H3,(H,13,15). The molecule has 0 spiro atoms. The highest BCUT2D eigenvalue weighted by molar-refractivity contribution is 5.30. The van der Waals surface area contributed by atoms with Crippen LogP contribution in [-0.4, -0.2) is 45.7 Å². The molecule has 0 aliphatic carbocycles. The molecule has 96 valence electrons. The lowest BCUT2D eigenvalue weighted by Crippen LogP contribution is -2.43. The minimum Gasteiger partial charge on any atom is -0.394 e. The summed E-state index contributed by atoms with van der Waals surface area (Å²) in [7, 11) is 1.97. The molecule has 0 bridgehead atoms. The number of nitrogens with zero attached hydrogens (tertiary/aromatic N) is 3. The van der Waals surface area contributed by atoms with Crippen LogP contribution >= 0.6 is 0 Å². The molecule has 0 radical (unpaired) electrons. The van der Waals surface area contributed by atoms with Crippen molar-refractivity contribution in [1.82, 2.24) is 14.9 Å². The van der Waals surface area contributed by atoms with Gasteiger partial charge in [0.2, 0.25) is 0 Å². The van der Waals surface area contributed by atoms with Crippen molar-refractivity contribution in [2.75, 3.05) is 25.5 Å². The van der Waals surface area contributed by atoms with E-state index in [0.717, 1.165) is 18.1 Å². The fraction of sp³-hybridized carbons (Fsp3) is 0.667. The molecule has 0 unspecified atom stereocenters. The Hall–Kier alpha value is -1.20. The van der Waals surface area contributed by atoms with E-state index < -0.39 is 0 Å². The predicted octanol–water partition coefficient (Wildman–Crippen LogP) is 1.11. The minimum atomic E-state index is -0.248. The van der Waals surface area contributed by atoms with Crippen LogP contribution in [-0.2, 0) is 6.54 Å². The topological polar surface area (TPSA) is 61.3 Å². The first-order valence-electron chi connectivity index (χ1n) is 5.86. The Balaban J connectivity index is 2.63. The molecule has 5 heteroatoms. The summed E-state index contributed by atoms with van der Waals surface area (Å²) < 4.78 is 0. The third-order valence-corrected chi connectivity index (χ3v) is 2.88. The number of likely N-dealkylation sites (N-methyl/N-ethyl adjacent to an activating group) is 1. The molecule has 0 saturated carbocycles. The van der Waals surface area contributed by atoms with E-state index in [1.165, 1.54) is 0 Å². The molecule has 0 amide bonds. The zero-order valence-corrected chi connectivity index (χ0v) is 11.1. The number of hydrogen-bond donors (Lipinski definition) is 2. The lowest BCUT2D eigenvalue weighted by atomic mass is 10.1. The van der Waals surface area contributed by atoms with Gasteiger partial charge in [0.25, 0.3) is 0 Å². The molecule has 0 fully saturated rings. The van der Waals surface area contributed by atoms with Crippen LogP contribution in [0.5, 0.6) is 0 Å². The second kappa shape index (κ2) is 5.93. The van der Waals surface area contributed by atoms with Gasteiger partial charge in [-0.05, 0) is 27.8 Å². The Morgan fingerprint density at radius 3 is 2.53 bits per heavy atom. The van der Waals surface area contributed by atoms with E-state index in [0.29, 0.717) is 6.54 Å². The normalized spacial score (nSPS) is 11.9. The maximum absolute atomic E-state index is 9.27. The summed E-state index contributed by atoms with van der Waals surface area (Å²) in [6.45, 7) is 7.64. The summed E-state index contributed by atoms with van der Waals surface area (Å²) in [5.41, 5.74) is 0.651. The van der Waals surface area contributed by atoms with E-state index in [2.05, 4.69) is 20.2 Å². The summed E-state index contributed by atoms with van der Waals surface area (Å²) in [5.74, 6) is 0.792. The Labute approximate surface area is 103 Å². The number of nitrogens with one attached hydrogen (secondary N) is 1. The van der Waals surface area contributed by atoms with Crippen LogP contribution in [0.3, 0.4) is 0 Å². The largest absolute Gasteiger partial charge is 0.394 e. The van der Waals surface area contributed by atoms with Crippen LogP contribution in [0.25, 0.3) is 0 Å². The van der Waals surface area contributed by atoms with Crippen molar-refractivity contribution in [2.24, 2.45) is 0 Å². The maximum atomic E-state index is 9.27. The summed E-state index contributed by atoms with van der Waals surface area (Å²) in [6, 6.07) is 0. The molecule has 0 aromatic carbocycles. The van der Waals surface area contributed by atoms with E-state index in [4.69, 9.17) is 0 Å². The SMILES string of the molecule is CCNc1cnc(CN(C)C(C)(C)CO)cn1. The zero-order valence-electron chi connectivity index (χ0n) is 11.1. The Bertz CT molecular complexity index is 337. The van der Waals surface area contributed by atoms with Crippen molar-refractivity contribution in [2.45, 2.75) is 32.9 Å². The van der Waals surface area contributed by atoms with Gasteiger partial charge in [0.05, 0.1) is 24.7 Å². The number of anilines is 1. The molecule has 1 aromatic heterocycles. The summed E-state index contributed by atoms with van der Waals surface area (Å²) >= 11 is 0. The average Bonchev–Trinajstić information content (AvgIpc) is 2.32. The number of aliphatic hydroxyl groups excluding tert-OH is 1. The second-order valence-electron chi connectivity index (χ2n) is 4.75. The van der Waals surface area contributed by atoms with E-state index in [1.807, 2.05) is 27.8 Å². The van der Waals surface area contributed by atoms with Crippen LogP contribution in [0.1, 0.15) is 26.5 Å². The first-order chi connectivity index (χ1) is 7.99. The highest BCUT2D eigenvalue weighted by atomic mass is 16.3. The van der Waals surface area contributed by atoms with Gasteiger partial charge in [0, 0.05) is 18.6 Å². The van der Waals surface area contributed by atoms with Gasteiger partial charge in [-0.25, -0.2) is 4.98 Å². The van der Waals surface area contributed by atoms with E-state index in [1.54, 1.807) is 12.4 Å². The van der Waals surface area contributed by atoms with Crippen LogP contribution in [0.15, 0.2) is 12.4 Å². The molecule has 0 saturated heterocycles. The molecule has 1 aromatic rings. The smallest absolute Gasteiger partial charge is 0.144 e. The van der Waals surface area contributed by atoms with Gasteiger partial charge in [-0.2, -0.15) is 0 Å². The van der Waals surface area contributed by atoms with Crippen molar-refractivity contribution >= 4 is 5.82 Å². The Morgan fingerprint density at radius 1 is 1.35 bits per heavy atom. The highest BCUT2D eigenvalue weighted by Gasteiger charge is 2.22. The van der Waals surface area contributed by atoms with Gasteiger partial charge in [-0.15, -0.1) is 0 Å². The van der Waals surface area contributed by atoms with Gasteiger partial charge in [-0.3, -0.25) is 9.88 Å². The molecule has 1 heterocycles. The Kier molecular flexibility index (Phi) is 4.84. The first-order valence-corrected chi connectivity index (χ1v) is 5.86. The van der Waals surface area contributed by atoms with Crippen molar-refractivity contribution in [3.8, 4) is 0 Å². The van der Waals surface area contributed by atoms with Crippen LogP contribution in [0.4, 0.5) is 5.82 Å². The quantitative estimate of drug-likeness (QED) is 0.777. The molecule has 5 nitrogen and oxygen atoms in total. The molecule has 0 atom stereocenters. The van der Waals surface area contributed by atoms with Gasteiger partial charge < -0.3 is 10.4 Å². The van der Waals surface area contributed by atoms with Gasteiger partial charge >= 0.3 is 0 Å². The average molecular weight is 238 g/mol. The fourth-order valence-electron chi connectivity index (χ4n) is 1.29. The van der Waals surface area contributed by atoms with E-state index in [9.17, 15) is 5.11 Å². The lowest BCUT2D eigenvalue weighted by Gasteiger charge is -2.33. The van der Waals surface area contributed by atoms with Crippen molar-refractivity contribution < 1.29 is 5.11 Å². The van der Waals surface area contributed by atoms with Crippen molar-refractivity contribution in [3.63, 3.8) is 0 Å². The summed E-state index contributed by atoms with van der Waals surface area (Å²) in [6.07, 6.45) is 3.50. The van der Waals surface area contributed by atoms with E-state index >= 15 is 0 Å². The van der Waals surface area contributed by atoms with Gasteiger partial charge in [0.1, 0.15) is 5.82 Å². The van der Waals surface area contributed by atoms with Crippen LogP contribution in [0.2, 0.25) is 0 Å². The third-order valence-electron chi connectivity index (χ3n) is 2.88. The highest BCUT2D eigenvalue weighted by Crippen LogP contribution is 2.14. The van der Waals surface area contributed by atoms with E-state index in [-0.39, 0.29) is 12.1 Å². The molecular weight excluding hydrogens is 216 g/mol. The molecule has 1 rings (SSSR count). The monoisotopic (exact) mass is 238 g/mol. The van der Waals surface area contributed by atoms with Gasteiger partial charge in [-0.1, -0.05) is 0 Å². The van der Waals surface area contributed by atoms with Crippen LogP contribution < -0.4 is 5.32 Å². The number of hydrogen-bond acceptors (Lipinski definition) is 5. The predicted molar refractivity (Wildman–Crippen MR) is 68.8 cm³/mol. The molecule has 0 aliphatic rings. The zero-order chi connectivity index (χ0) is 12.9. The third kappa shape index (κ3) is 3.94. The Morgan fingerprint density at radius 2 is 2.06 bits per heavy atom. The molecule has 2 N–H and O–H groups in total. The van der Waals surface area contributed by atoms with Crippen molar-refractivity contribution in [3.05, 3.63) is 18.1 Å². The second-order valence-corrected chi connectivity index (χ2v) is 4.75. The number of aromatic nitrogens is 2. The first kappa shape index (κ1) is 13.9. The lowest BCUT2D eigenvalue weighted by molar-refractivity contribution is 0.0724. The summed E-state index contributed by atoms with van der Waals surface area (Å²) in [5, 5.41) is 12.4. The number of rotatable bonds is 6. The molecule has 0 aliphatic heterocycles. The fourth-order valence-corrected chi connectivity index (χ4v) is 1.29. The van der Waals surface area contributed by atoms with Crippen LogP contribution in [0, 0.1) is 0 Å². The van der Waals surface area contributed by atoms with Gasteiger partial charge in [0.15, 0.2) is 0 Å². The number of aliphatic hydroxyl groups is 1.